The van der Waals surface area contributed by atoms with Crippen LogP contribution >= 0.6 is 0 Å². The Labute approximate surface area is 143 Å². The van der Waals surface area contributed by atoms with Gasteiger partial charge in [0.2, 0.25) is 0 Å². The molecule has 4 nitrogen and oxygen atoms in total. The third kappa shape index (κ3) is 4.43. The van der Waals surface area contributed by atoms with Crippen molar-refractivity contribution in [3.63, 3.8) is 0 Å². The first-order chi connectivity index (χ1) is 11.8. The zero-order valence-electron chi connectivity index (χ0n) is 14.0. The van der Waals surface area contributed by atoms with Crippen molar-refractivity contribution in [2.75, 3.05) is 14.2 Å². The van der Waals surface area contributed by atoms with Gasteiger partial charge >= 0.3 is 6.18 Å². The summed E-state index contributed by atoms with van der Waals surface area (Å²) < 4.78 is 48.0. The van der Waals surface area contributed by atoms with Crippen LogP contribution < -0.4 is 14.8 Å². The second-order valence-electron chi connectivity index (χ2n) is 5.38. The summed E-state index contributed by atoms with van der Waals surface area (Å²) in [4.78, 5) is 12.3. The molecule has 2 aromatic rings. The van der Waals surface area contributed by atoms with Gasteiger partial charge in [-0.15, -0.1) is 0 Å². The number of rotatable bonds is 5. The van der Waals surface area contributed by atoms with Crippen LogP contribution in [0.25, 0.3) is 0 Å². The van der Waals surface area contributed by atoms with Crippen LogP contribution in [0.3, 0.4) is 0 Å². The second-order valence-corrected chi connectivity index (χ2v) is 5.38. The predicted octanol–water partition coefficient (Wildman–Crippen LogP) is 4.21. The first-order valence-electron chi connectivity index (χ1n) is 7.46. The number of benzene rings is 2. The molecule has 0 spiro atoms. The minimum Gasteiger partial charge on any atom is -0.493 e. The molecular weight excluding hydrogens is 335 g/mol. The van der Waals surface area contributed by atoms with Gasteiger partial charge in [-0.05, 0) is 42.8 Å². The maximum Gasteiger partial charge on any atom is 0.416 e. The van der Waals surface area contributed by atoms with Gasteiger partial charge in [0.05, 0.1) is 25.8 Å². The highest BCUT2D eigenvalue weighted by molar-refractivity contribution is 5.95. The van der Waals surface area contributed by atoms with E-state index in [1.54, 1.807) is 19.1 Å². The second kappa shape index (κ2) is 7.46. The maximum atomic E-state index is 12.6. The fourth-order valence-corrected chi connectivity index (χ4v) is 2.30. The van der Waals surface area contributed by atoms with Crippen LogP contribution in [-0.4, -0.2) is 20.1 Å². The highest BCUT2D eigenvalue weighted by Crippen LogP contribution is 2.30. The number of carbonyl (C=O) groups is 1. The summed E-state index contributed by atoms with van der Waals surface area (Å²) in [6, 6.07) is 8.95. The number of alkyl halides is 3. The minimum absolute atomic E-state index is 0.358. The highest BCUT2D eigenvalue weighted by atomic mass is 19.4. The molecule has 2 rings (SSSR count). The molecule has 1 N–H and O–H groups in total. The monoisotopic (exact) mass is 353 g/mol. The Hall–Kier alpha value is -2.70. The van der Waals surface area contributed by atoms with Crippen molar-refractivity contribution in [3.05, 3.63) is 59.2 Å². The highest BCUT2D eigenvalue weighted by Gasteiger charge is 2.30. The summed E-state index contributed by atoms with van der Waals surface area (Å²) in [5.74, 6) is 0.542. The van der Waals surface area contributed by atoms with Crippen molar-refractivity contribution in [2.24, 2.45) is 0 Å². The van der Waals surface area contributed by atoms with E-state index in [1.807, 2.05) is 0 Å². The summed E-state index contributed by atoms with van der Waals surface area (Å²) in [5, 5.41) is 2.74. The molecule has 1 amide bonds. The molecule has 0 unspecified atom stereocenters. The number of carbonyl (C=O) groups excluding carboxylic acids is 1. The third-order valence-electron chi connectivity index (χ3n) is 3.73. The third-order valence-corrected chi connectivity index (χ3v) is 3.73. The number of halogens is 3. The van der Waals surface area contributed by atoms with Gasteiger partial charge in [-0.3, -0.25) is 4.79 Å². The molecule has 1 atom stereocenters. The first kappa shape index (κ1) is 18.6. The van der Waals surface area contributed by atoms with Gasteiger partial charge in [0.15, 0.2) is 11.5 Å². The zero-order valence-corrected chi connectivity index (χ0v) is 14.0. The molecule has 0 fully saturated rings. The van der Waals surface area contributed by atoms with Crippen LogP contribution in [0, 0.1) is 0 Å². The molecule has 0 aliphatic carbocycles. The van der Waals surface area contributed by atoms with Gasteiger partial charge in [0.25, 0.3) is 5.91 Å². The van der Waals surface area contributed by atoms with Crippen LogP contribution in [0.1, 0.15) is 34.5 Å². The lowest BCUT2D eigenvalue weighted by Crippen LogP contribution is -2.26. The summed E-state index contributed by atoms with van der Waals surface area (Å²) >= 11 is 0. The van der Waals surface area contributed by atoms with E-state index >= 15 is 0 Å². The van der Waals surface area contributed by atoms with Crippen molar-refractivity contribution in [2.45, 2.75) is 19.1 Å². The molecule has 0 aliphatic rings. The number of hydrogen-bond acceptors (Lipinski definition) is 3. The molecule has 0 saturated heterocycles. The van der Waals surface area contributed by atoms with E-state index < -0.39 is 17.8 Å². The molecular formula is C18H18F3NO3. The largest absolute Gasteiger partial charge is 0.493 e. The summed E-state index contributed by atoms with van der Waals surface area (Å²) in [7, 11) is 2.95. The SMILES string of the molecule is COc1ccc(C(=O)N[C@H](C)c2ccc(C(F)(F)F)cc2)cc1OC. The smallest absolute Gasteiger partial charge is 0.416 e. The number of amides is 1. The number of methoxy groups -OCH3 is 2. The maximum absolute atomic E-state index is 12.6. The average molecular weight is 353 g/mol. The van der Waals surface area contributed by atoms with Crippen LogP contribution in [0.4, 0.5) is 13.2 Å². The van der Waals surface area contributed by atoms with E-state index in [9.17, 15) is 18.0 Å². The van der Waals surface area contributed by atoms with Gasteiger partial charge in [0.1, 0.15) is 0 Å². The molecule has 7 heteroatoms. The van der Waals surface area contributed by atoms with Crippen LogP contribution in [0.15, 0.2) is 42.5 Å². The van der Waals surface area contributed by atoms with Gasteiger partial charge < -0.3 is 14.8 Å². The van der Waals surface area contributed by atoms with Gasteiger partial charge in [-0.2, -0.15) is 13.2 Å². The molecule has 0 saturated carbocycles. The summed E-state index contributed by atoms with van der Waals surface area (Å²) in [6.45, 7) is 1.70. The molecule has 0 aliphatic heterocycles. The van der Waals surface area contributed by atoms with Gasteiger partial charge in [-0.1, -0.05) is 12.1 Å². The molecule has 134 valence electrons. The van der Waals surface area contributed by atoms with E-state index in [-0.39, 0.29) is 5.91 Å². The summed E-state index contributed by atoms with van der Waals surface area (Å²) in [5.41, 5.74) is 0.202. The normalized spacial score (nSPS) is 12.4. The molecule has 2 aromatic carbocycles. The van der Waals surface area contributed by atoms with E-state index in [0.29, 0.717) is 22.6 Å². The Morgan fingerprint density at radius 3 is 2.12 bits per heavy atom. The quantitative estimate of drug-likeness (QED) is 0.876. The first-order valence-corrected chi connectivity index (χ1v) is 7.46. The van der Waals surface area contributed by atoms with Crippen molar-refractivity contribution in [3.8, 4) is 11.5 Å². The topological polar surface area (TPSA) is 47.6 Å². The van der Waals surface area contributed by atoms with Crippen molar-refractivity contribution in [1.29, 1.82) is 0 Å². The fraction of sp³-hybridized carbons (Fsp3) is 0.278. The minimum atomic E-state index is -4.38. The number of hydrogen-bond donors (Lipinski definition) is 1. The van der Waals surface area contributed by atoms with Crippen LogP contribution in [0.2, 0.25) is 0 Å². The predicted molar refractivity (Wildman–Crippen MR) is 86.9 cm³/mol. The molecule has 0 bridgehead atoms. The Morgan fingerprint density at radius 2 is 1.60 bits per heavy atom. The summed E-state index contributed by atoms with van der Waals surface area (Å²) in [6.07, 6.45) is -4.38. The Balaban J connectivity index is 2.12. The number of ether oxygens (including phenoxy) is 2. The zero-order chi connectivity index (χ0) is 18.6. The average Bonchev–Trinajstić information content (AvgIpc) is 2.60. The molecule has 25 heavy (non-hydrogen) atoms. The Kier molecular flexibility index (Phi) is 5.56. The van der Waals surface area contributed by atoms with Crippen LogP contribution in [-0.2, 0) is 6.18 Å². The molecule has 0 aromatic heterocycles. The standard InChI is InChI=1S/C18H18F3NO3/c1-11(12-4-7-14(8-5-12)18(19,20)21)22-17(23)13-6-9-15(24-2)16(10-13)25-3/h4-11H,1-3H3,(H,22,23)/t11-/m1/s1. The van der Waals surface area contributed by atoms with E-state index in [0.717, 1.165) is 12.1 Å². The van der Waals surface area contributed by atoms with E-state index in [4.69, 9.17) is 9.47 Å². The lowest BCUT2D eigenvalue weighted by Gasteiger charge is -2.16. The molecule has 0 radical (unpaired) electrons. The Bertz CT molecular complexity index is 742. The van der Waals surface area contributed by atoms with E-state index in [2.05, 4.69) is 5.32 Å². The van der Waals surface area contributed by atoms with Crippen molar-refractivity contribution < 1.29 is 27.4 Å². The Morgan fingerprint density at radius 1 is 1.00 bits per heavy atom. The molecule has 0 heterocycles. The lowest BCUT2D eigenvalue weighted by atomic mass is 10.1. The number of nitrogens with one attached hydrogen (secondary N) is 1. The lowest BCUT2D eigenvalue weighted by molar-refractivity contribution is -0.137. The van der Waals surface area contributed by atoms with Gasteiger partial charge in [-0.25, -0.2) is 0 Å². The van der Waals surface area contributed by atoms with Gasteiger partial charge in [0, 0.05) is 5.56 Å². The van der Waals surface area contributed by atoms with Crippen LogP contribution in [0.5, 0.6) is 11.5 Å². The van der Waals surface area contributed by atoms with Crippen molar-refractivity contribution >= 4 is 5.91 Å². The van der Waals surface area contributed by atoms with E-state index in [1.165, 1.54) is 32.4 Å². The fourth-order valence-electron chi connectivity index (χ4n) is 2.30. The van der Waals surface area contributed by atoms with Crippen molar-refractivity contribution in [1.82, 2.24) is 5.32 Å².